The number of aromatic nitrogens is 1. The van der Waals surface area contributed by atoms with Crippen molar-refractivity contribution in [2.75, 3.05) is 6.61 Å². The van der Waals surface area contributed by atoms with E-state index < -0.39 is 6.10 Å². The minimum atomic E-state index is -0.535. The summed E-state index contributed by atoms with van der Waals surface area (Å²) in [5.74, 6) is 3.31. The molecule has 4 aromatic rings. The van der Waals surface area contributed by atoms with Crippen LogP contribution in [0.3, 0.4) is 0 Å². The standard InChI is InChI=1S/C33H30ClNO3/c1-4-21-36-30(24(3)5-2)29-31(37-22-25-15-9-6-10-16-25)28(27-19-13-8-14-20-27)32(34)35-33(29)38-23-26-17-11-7-12-18-26/h1,5-20,24,30H,2,21-23H2,3H3/t24-,30-/m1/s1. The molecule has 0 aliphatic rings. The van der Waals surface area contributed by atoms with E-state index in [1.54, 1.807) is 0 Å². The average Bonchev–Trinajstić information content (AvgIpc) is 2.97. The van der Waals surface area contributed by atoms with Crippen LogP contribution >= 0.6 is 11.6 Å². The fraction of sp³-hybridized carbons (Fsp3) is 0.182. The van der Waals surface area contributed by atoms with E-state index in [9.17, 15) is 0 Å². The molecule has 0 fully saturated rings. The topological polar surface area (TPSA) is 40.6 Å². The average molecular weight is 524 g/mol. The molecule has 0 radical (unpaired) electrons. The summed E-state index contributed by atoms with van der Waals surface area (Å²) in [7, 11) is 0. The van der Waals surface area contributed by atoms with E-state index in [4.69, 9.17) is 37.2 Å². The number of ether oxygens (including phenoxy) is 3. The molecule has 0 amide bonds. The second-order valence-electron chi connectivity index (χ2n) is 8.77. The Kier molecular flexibility index (Phi) is 9.59. The minimum Gasteiger partial charge on any atom is -0.488 e. The van der Waals surface area contributed by atoms with E-state index in [2.05, 4.69) is 12.5 Å². The number of rotatable bonds is 12. The van der Waals surface area contributed by atoms with Crippen LogP contribution < -0.4 is 9.47 Å². The smallest absolute Gasteiger partial charge is 0.224 e. The summed E-state index contributed by atoms with van der Waals surface area (Å²) in [4.78, 5) is 4.72. The Labute approximate surface area is 229 Å². The maximum atomic E-state index is 6.86. The van der Waals surface area contributed by atoms with Gasteiger partial charge in [-0.25, -0.2) is 4.98 Å². The summed E-state index contributed by atoms with van der Waals surface area (Å²) in [6.45, 7) is 6.72. The van der Waals surface area contributed by atoms with Gasteiger partial charge in [-0.15, -0.1) is 13.0 Å². The second kappa shape index (κ2) is 13.5. The monoisotopic (exact) mass is 523 g/mol. The summed E-state index contributed by atoms with van der Waals surface area (Å²) in [5, 5.41) is 0.271. The molecule has 1 aromatic heterocycles. The fourth-order valence-corrected chi connectivity index (χ4v) is 4.38. The van der Waals surface area contributed by atoms with E-state index in [1.165, 1.54) is 0 Å². The lowest BCUT2D eigenvalue weighted by Gasteiger charge is -2.28. The predicted octanol–water partition coefficient (Wildman–Crippen LogP) is 8.07. The van der Waals surface area contributed by atoms with Crippen LogP contribution in [-0.2, 0) is 18.0 Å². The molecule has 4 nitrogen and oxygen atoms in total. The first kappa shape index (κ1) is 27.0. The van der Waals surface area contributed by atoms with Gasteiger partial charge in [0, 0.05) is 5.92 Å². The van der Waals surface area contributed by atoms with Gasteiger partial charge >= 0.3 is 0 Å². The predicted molar refractivity (Wildman–Crippen MR) is 153 cm³/mol. The summed E-state index contributed by atoms with van der Waals surface area (Å²) in [5.41, 5.74) is 4.17. The molecule has 0 aliphatic heterocycles. The minimum absolute atomic E-state index is 0.0996. The van der Waals surface area contributed by atoms with Crippen molar-refractivity contribution < 1.29 is 14.2 Å². The molecule has 0 N–H and O–H groups in total. The molecule has 0 unspecified atom stereocenters. The van der Waals surface area contributed by atoms with Gasteiger partial charge in [-0.3, -0.25) is 0 Å². The summed E-state index contributed by atoms with van der Waals surface area (Å²) >= 11 is 6.86. The van der Waals surface area contributed by atoms with Crippen LogP contribution in [-0.4, -0.2) is 11.6 Å². The van der Waals surface area contributed by atoms with E-state index in [-0.39, 0.29) is 17.7 Å². The molecule has 0 spiro atoms. The van der Waals surface area contributed by atoms with Crippen LogP contribution in [0.2, 0.25) is 5.15 Å². The third-order valence-corrected chi connectivity index (χ3v) is 6.37. The largest absolute Gasteiger partial charge is 0.488 e. The van der Waals surface area contributed by atoms with Crippen molar-refractivity contribution >= 4 is 11.6 Å². The zero-order valence-electron chi connectivity index (χ0n) is 21.3. The van der Waals surface area contributed by atoms with Crippen molar-refractivity contribution in [3.05, 3.63) is 125 Å². The van der Waals surface area contributed by atoms with Crippen molar-refractivity contribution in [1.29, 1.82) is 0 Å². The first-order valence-corrected chi connectivity index (χ1v) is 12.8. The maximum absolute atomic E-state index is 6.86. The van der Waals surface area contributed by atoms with Gasteiger partial charge in [-0.05, 0) is 16.7 Å². The number of benzene rings is 3. The highest BCUT2D eigenvalue weighted by Gasteiger charge is 2.31. The van der Waals surface area contributed by atoms with Crippen LogP contribution in [0.15, 0.2) is 104 Å². The molecule has 0 saturated heterocycles. The van der Waals surface area contributed by atoms with Crippen molar-refractivity contribution in [2.24, 2.45) is 5.92 Å². The molecule has 4 rings (SSSR count). The summed E-state index contributed by atoms with van der Waals surface area (Å²) in [6, 6.07) is 29.6. The first-order valence-electron chi connectivity index (χ1n) is 12.4. The number of terminal acetylenes is 1. The highest BCUT2D eigenvalue weighted by atomic mass is 35.5. The van der Waals surface area contributed by atoms with Gasteiger partial charge < -0.3 is 14.2 Å². The molecule has 3 aromatic carbocycles. The van der Waals surface area contributed by atoms with Crippen molar-refractivity contribution in [1.82, 2.24) is 4.98 Å². The van der Waals surface area contributed by atoms with E-state index >= 15 is 0 Å². The van der Waals surface area contributed by atoms with Gasteiger partial charge in [0.2, 0.25) is 5.88 Å². The Bertz CT molecular complexity index is 1370. The van der Waals surface area contributed by atoms with Crippen LogP contribution in [0.1, 0.15) is 29.7 Å². The summed E-state index contributed by atoms with van der Waals surface area (Å²) in [6.07, 6.45) is 6.87. The van der Waals surface area contributed by atoms with Gasteiger partial charge in [0.1, 0.15) is 30.7 Å². The van der Waals surface area contributed by atoms with Crippen molar-refractivity contribution in [3.8, 4) is 35.1 Å². The lowest BCUT2D eigenvalue weighted by molar-refractivity contribution is 0.0456. The lowest BCUT2D eigenvalue weighted by Crippen LogP contribution is -2.17. The lowest BCUT2D eigenvalue weighted by atomic mass is 9.94. The highest BCUT2D eigenvalue weighted by Crippen LogP contribution is 2.48. The third-order valence-electron chi connectivity index (χ3n) is 6.10. The Morgan fingerprint density at radius 1 is 0.895 bits per heavy atom. The zero-order chi connectivity index (χ0) is 26.7. The first-order chi connectivity index (χ1) is 18.6. The Morgan fingerprint density at radius 3 is 2.00 bits per heavy atom. The normalized spacial score (nSPS) is 12.2. The molecular weight excluding hydrogens is 494 g/mol. The molecule has 2 atom stereocenters. The van der Waals surface area contributed by atoms with Gasteiger partial charge in [-0.2, -0.15) is 0 Å². The molecule has 0 aliphatic carbocycles. The van der Waals surface area contributed by atoms with Crippen LogP contribution in [0.25, 0.3) is 11.1 Å². The third kappa shape index (κ3) is 6.63. The van der Waals surface area contributed by atoms with Crippen LogP contribution in [0.4, 0.5) is 0 Å². The molecule has 38 heavy (non-hydrogen) atoms. The van der Waals surface area contributed by atoms with Crippen molar-refractivity contribution in [3.63, 3.8) is 0 Å². The van der Waals surface area contributed by atoms with Crippen molar-refractivity contribution in [2.45, 2.75) is 26.2 Å². The maximum Gasteiger partial charge on any atom is 0.224 e. The molecule has 1 heterocycles. The van der Waals surface area contributed by atoms with Gasteiger partial charge in [0.25, 0.3) is 0 Å². The molecule has 0 bridgehead atoms. The second-order valence-corrected chi connectivity index (χ2v) is 9.13. The Morgan fingerprint density at radius 2 is 1.45 bits per heavy atom. The number of halogens is 1. The van der Waals surface area contributed by atoms with Gasteiger partial charge in [0.15, 0.2) is 0 Å². The van der Waals surface area contributed by atoms with E-state index in [1.807, 2.05) is 104 Å². The number of pyridine rings is 1. The molecule has 5 heteroatoms. The SMILES string of the molecule is C#CCO[C@@H](c1c(OCc2ccccc2)nc(Cl)c(-c2ccccc2)c1OCc1ccccc1)[C@H](C)C=C. The van der Waals surface area contributed by atoms with Crippen LogP contribution in [0, 0.1) is 18.3 Å². The molecule has 0 saturated carbocycles. The van der Waals surface area contributed by atoms with Crippen LogP contribution in [0.5, 0.6) is 11.6 Å². The van der Waals surface area contributed by atoms with Gasteiger partial charge in [-0.1, -0.05) is 122 Å². The summed E-state index contributed by atoms with van der Waals surface area (Å²) < 4.78 is 19.1. The fourth-order valence-electron chi connectivity index (χ4n) is 4.11. The highest BCUT2D eigenvalue weighted by molar-refractivity contribution is 6.32. The quantitative estimate of drug-likeness (QED) is 0.107. The number of nitrogens with zero attached hydrogens (tertiary/aromatic N) is 1. The molecular formula is C33H30ClNO3. The van der Waals surface area contributed by atoms with E-state index in [0.29, 0.717) is 36.0 Å². The Hall–Kier alpha value is -4.04. The zero-order valence-corrected chi connectivity index (χ0v) is 22.1. The Balaban J connectivity index is 1.91. The molecule has 192 valence electrons. The van der Waals surface area contributed by atoms with Gasteiger partial charge in [0.05, 0.1) is 17.2 Å². The number of hydrogen-bond acceptors (Lipinski definition) is 4. The van der Waals surface area contributed by atoms with E-state index in [0.717, 1.165) is 16.7 Å². The number of hydrogen-bond donors (Lipinski definition) is 0.